The maximum atomic E-state index is 14.0. The van der Waals surface area contributed by atoms with Crippen LogP contribution >= 0.6 is 11.6 Å². The predicted octanol–water partition coefficient (Wildman–Crippen LogP) is 3.90. The van der Waals surface area contributed by atoms with Crippen LogP contribution in [0.15, 0.2) is 36.4 Å². The van der Waals surface area contributed by atoms with E-state index in [2.05, 4.69) is 11.1 Å². The molecule has 2 aromatic carbocycles. The lowest BCUT2D eigenvalue weighted by atomic mass is 10.2. The van der Waals surface area contributed by atoms with E-state index in [9.17, 15) is 4.39 Å². The number of rotatable bonds is 1. The molecule has 0 aliphatic carbocycles. The van der Waals surface area contributed by atoms with Gasteiger partial charge in [-0.1, -0.05) is 11.6 Å². The lowest BCUT2D eigenvalue weighted by Gasteiger charge is -2.04. The molecule has 3 rings (SSSR count). The number of benzene rings is 2. The van der Waals surface area contributed by atoms with Crippen LogP contribution in [0.1, 0.15) is 5.56 Å². The highest BCUT2D eigenvalue weighted by Gasteiger charge is 2.14. The van der Waals surface area contributed by atoms with Crippen LogP contribution in [0.3, 0.4) is 0 Å². The summed E-state index contributed by atoms with van der Waals surface area (Å²) in [5, 5.41) is 9.28. The molecule has 0 radical (unpaired) electrons. The molecule has 0 aliphatic rings. The highest BCUT2D eigenvalue weighted by atomic mass is 35.5. The summed E-state index contributed by atoms with van der Waals surface area (Å²) in [4.78, 5) is 4.42. The third kappa shape index (κ3) is 1.93. The second-order valence-corrected chi connectivity index (χ2v) is 4.87. The van der Waals surface area contributed by atoms with Crippen molar-refractivity contribution in [1.82, 2.24) is 9.55 Å². The number of aromatic nitrogens is 2. The summed E-state index contributed by atoms with van der Waals surface area (Å²) in [7, 11) is 1.79. The molecule has 0 saturated heterocycles. The standard InChI is InChI=1S/C15H9ClFN3/c1-20-14-6-9(8-18)2-5-13(14)19-15(20)11-4-3-10(16)7-12(11)17/h2-7H,1H3. The fraction of sp³-hybridized carbons (Fsp3) is 0.0667. The molecular formula is C15H9ClFN3. The van der Waals surface area contributed by atoms with Crippen molar-refractivity contribution in [2.75, 3.05) is 0 Å². The van der Waals surface area contributed by atoms with Gasteiger partial charge in [0.2, 0.25) is 0 Å². The van der Waals surface area contributed by atoms with E-state index in [-0.39, 0.29) is 0 Å². The van der Waals surface area contributed by atoms with E-state index in [1.165, 1.54) is 6.07 Å². The van der Waals surface area contributed by atoms with Crippen molar-refractivity contribution in [1.29, 1.82) is 5.26 Å². The van der Waals surface area contributed by atoms with Crippen LogP contribution in [-0.2, 0) is 7.05 Å². The van der Waals surface area contributed by atoms with Gasteiger partial charge in [-0.2, -0.15) is 5.26 Å². The first-order valence-electron chi connectivity index (χ1n) is 5.92. The molecular weight excluding hydrogens is 277 g/mol. The normalized spacial score (nSPS) is 10.7. The first-order valence-corrected chi connectivity index (χ1v) is 6.30. The Morgan fingerprint density at radius 2 is 2.05 bits per heavy atom. The van der Waals surface area contributed by atoms with Crippen molar-refractivity contribution < 1.29 is 4.39 Å². The van der Waals surface area contributed by atoms with Gasteiger partial charge in [-0.05, 0) is 36.4 Å². The van der Waals surface area contributed by atoms with Crippen molar-refractivity contribution in [3.63, 3.8) is 0 Å². The van der Waals surface area contributed by atoms with Gasteiger partial charge in [-0.25, -0.2) is 9.37 Å². The summed E-state index contributed by atoms with van der Waals surface area (Å²) in [5.74, 6) is 0.0840. The van der Waals surface area contributed by atoms with Crippen LogP contribution in [0.4, 0.5) is 4.39 Å². The van der Waals surface area contributed by atoms with Gasteiger partial charge in [0.15, 0.2) is 0 Å². The average molecular weight is 286 g/mol. The number of hydrogen-bond donors (Lipinski definition) is 0. The first-order chi connectivity index (χ1) is 9.60. The maximum absolute atomic E-state index is 14.0. The molecule has 0 N–H and O–H groups in total. The number of nitrogens with zero attached hydrogens (tertiary/aromatic N) is 3. The second kappa shape index (κ2) is 4.62. The van der Waals surface area contributed by atoms with Crippen molar-refractivity contribution in [2.24, 2.45) is 7.05 Å². The monoisotopic (exact) mass is 285 g/mol. The van der Waals surface area contributed by atoms with E-state index in [0.717, 1.165) is 11.0 Å². The lowest BCUT2D eigenvalue weighted by molar-refractivity contribution is 0.629. The lowest BCUT2D eigenvalue weighted by Crippen LogP contribution is -1.95. The highest BCUT2D eigenvalue weighted by Crippen LogP contribution is 2.27. The molecule has 0 aliphatic heterocycles. The van der Waals surface area contributed by atoms with Gasteiger partial charge < -0.3 is 4.57 Å². The molecule has 0 amide bonds. The Morgan fingerprint density at radius 3 is 2.75 bits per heavy atom. The van der Waals surface area contributed by atoms with Crippen LogP contribution in [0, 0.1) is 17.1 Å². The highest BCUT2D eigenvalue weighted by molar-refractivity contribution is 6.30. The Hall–Kier alpha value is -2.38. The summed E-state index contributed by atoms with van der Waals surface area (Å²) >= 11 is 5.76. The predicted molar refractivity (Wildman–Crippen MR) is 75.8 cm³/mol. The average Bonchev–Trinajstić information content (AvgIpc) is 2.76. The minimum Gasteiger partial charge on any atom is -0.327 e. The van der Waals surface area contributed by atoms with Crippen LogP contribution in [0.25, 0.3) is 22.4 Å². The van der Waals surface area contributed by atoms with Gasteiger partial charge in [0, 0.05) is 12.1 Å². The summed E-state index contributed by atoms with van der Waals surface area (Å²) in [6.45, 7) is 0. The number of aryl methyl sites for hydroxylation is 1. The Bertz CT molecular complexity index is 861. The summed E-state index contributed by atoms with van der Waals surface area (Å²) in [6, 6.07) is 11.8. The van der Waals surface area contributed by atoms with Gasteiger partial charge in [-0.3, -0.25) is 0 Å². The first kappa shape index (κ1) is 12.6. The molecule has 0 fully saturated rings. The molecule has 1 heterocycles. The third-order valence-corrected chi connectivity index (χ3v) is 3.42. The number of imidazole rings is 1. The van der Waals surface area contributed by atoms with Crippen LogP contribution < -0.4 is 0 Å². The second-order valence-electron chi connectivity index (χ2n) is 4.43. The molecule has 3 nitrogen and oxygen atoms in total. The summed E-state index contributed by atoms with van der Waals surface area (Å²) in [6.07, 6.45) is 0. The Morgan fingerprint density at radius 1 is 1.25 bits per heavy atom. The number of nitriles is 1. The van der Waals surface area contributed by atoms with Crippen molar-refractivity contribution >= 4 is 22.6 Å². The molecule has 0 atom stereocenters. The largest absolute Gasteiger partial charge is 0.327 e. The van der Waals surface area contributed by atoms with Crippen LogP contribution in [-0.4, -0.2) is 9.55 Å². The quantitative estimate of drug-likeness (QED) is 0.680. The molecule has 0 spiro atoms. The van der Waals surface area contributed by atoms with Crippen LogP contribution in [0.5, 0.6) is 0 Å². The molecule has 1 aromatic heterocycles. The number of hydrogen-bond acceptors (Lipinski definition) is 2. The fourth-order valence-electron chi connectivity index (χ4n) is 2.17. The van der Waals surface area contributed by atoms with Crippen molar-refractivity contribution in [3.8, 4) is 17.5 Å². The molecule has 98 valence electrons. The SMILES string of the molecule is Cn1c(-c2ccc(Cl)cc2F)nc2ccc(C#N)cc21. The van der Waals surface area contributed by atoms with E-state index < -0.39 is 5.82 Å². The maximum Gasteiger partial charge on any atom is 0.143 e. The van der Waals surface area contributed by atoms with Crippen LogP contribution in [0.2, 0.25) is 5.02 Å². The molecule has 0 saturated carbocycles. The van der Waals surface area contributed by atoms with E-state index in [4.69, 9.17) is 16.9 Å². The van der Waals surface area contributed by atoms with Gasteiger partial charge in [0.1, 0.15) is 11.6 Å². The molecule has 3 aromatic rings. The molecule has 20 heavy (non-hydrogen) atoms. The van der Waals surface area contributed by atoms with Gasteiger partial charge >= 0.3 is 0 Å². The van der Waals surface area contributed by atoms with E-state index in [1.54, 1.807) is 41.9 Å². The molecule has 0 unspecified atom stereocenters. The molecule has 5 heteroatoms. The fourth-order valence-corrected chi connectivity index (χ4v) is 2.33. The van der Waals surface area contributed by atoms with Crippen molar-refractivity contribution in [2.45, 2.75) is 0 Å². The number of fused-ring (bicyclic) bond motifs is 1. The zero-order chi connectivity index (χ0) is 14.3. The summed E-state index contributed by atoms with van der Waals surface area (Å²) < 4.78 is 15.8. The minimum absolute atomic E-state index is 0.344. The van der Waals surface area contributed by atoms with E-state index in [1.807, 2.05) is 0 Å². The van der Waals surface area contributed by atoms with E-state index in [0.29, 0.717) is 22.0 Å². The van der Waals surface area contributed by atoms with Gasteiger partial charge in [0.25, 0.3) is 0 Å². The zero-order valence-electron chi connectivity index (χ0n) is 10.6. The zero-order valence-corrected chi connectivity index (χ0v) is 11.3. The number of halogens is 2. The van der Waals surface area contributed by atoms with Gasteiger partial charge in [0.05, 0.1) is 28.2 Å². The molecule has 0 bridgehead atoms. The van der Waals surface area contributed by atoms with Crippen molar-refractivity contribution in [3.05, 3.63) is 52.8 Å². The Labute approximate surface area is 119 Å². The van der Waals surface area contributed by atoms with E-state index >= 15 is 0 Å². The smallest absolute Gasteiger partial charge is 0.143 e. The third-order valence-electron chi connectivity index (χ3n) is 3.18. The summed E-state index contributed by atoms with van der Waals surface area (Å²) in [5.41, 5.74) is 2.43. The topological polar surface area (TPSA) is 41.6 Å². The van der Waals surface area contributed by atoms with Gasteiger partial charge in [-0.15, -0.1) is 0 Å². The Balaban J connectivity index is 2.27. The minimum atomic E-state index is -0.420. The Kier molecular flexibility index (Phi) is 2.92.